The average Bonchev–Trinajstić information content (AvgIpc) is 2.50. The van der Waals surface area contributed by atoms with E-state index >= 15 is 0 Å². The quantitative estimate of drug-likeness (QED) is 0.887. The SMILES string of the molecule is N#Cc1cc(F)ccc1CN(CCO)Cc1ccccc1. The van der Waals surface area contributed by atoms with Crippen LogP contribution in [0.2, 0.25) is 0 Å². The highest BCUT2D eigenvalue weighted by atomic mass is 19.1. The Morgan fingerprint density at radius 3 is 2.52 bits per heavy atom. The standard InChI is InChI=1S/C17H17FN2O/c18-17-7-6-15(16(10-17)11-19)13-20(8-9-21)12-14-4-2-1-3-5-14/h1-7,10,21H,8-9,12-13H2. The van der Waals surface area contributed by atoms with Gasteiger partial charge in [0, 0.05) is 19.6 Å². The molecule has 2 rings (SSSR count). The lowest BCUT2D eigenvalue weighted by Crippen LogP contribution is -2.26. The molecule has 0 amide bonds. The van der Waals surface area contributed by atoms with Gasteiger partial charge in [-0.15, -0.1) is 0 Å². The molecule has 0 saturated heterocycles. The molecule has 0 heterocycles. The fraction of sp³-hybridized carbons (Fsp3) is 0.235. The molecule has 0 aromatic heterocycles. The van der Waals surface area contributed by atoms with Gasteiger partial charge in [-0.2, -0.15) is 5.26 Å². The lowest BCUT2D eigenvalue weighted by molar-refractivity contribution is 0.184. The summed E-state index contributed by atoms with van der Waals surface area (Å²) in [6, 6.07) is 16.2. The van der Waals surface area contributed by atoms with Gasteiger partial charge in [0.05, 0.1) is 18.2 Å². The Balaban J connectivity index is 2.15. The van der Waals surface area contributed by atoms with Gasteiger partial charge in [0.2, 0.25) is 0 Å². The predicted octanol–water partition coefficient (Wildman–Crippen LogP) is 2.69. The molecule has 3 nitrogen and oxygen atoms in total. The van der Waals surface area contributed by atoms with E-state index in [1.165, 1.54) is 12.1 Å². The third-order valence-corrected chi connectivity index (χ3v) is 3.25. The first-order chi connectivity index (χ1) is 10.2. The summed E-state index contributed by atoms with van der Waals surface area (Å²) >= 11 is 0. The molecule has 0 bridgehead atoms. The van der Waals surface area contributed by atoms with E-state index in [0.717, 1.165) is 11.1 Å². The molecule has 0 fully saturated rings. The summed E-state index contributed by atoms with van der Waals surface area (Å²) < 4.78 is 13.2. The minimum absolute atomic E-state index is 0.0376. The number of hydrogen-bond donors (Lipinski definition) is 1. The Hall–Kier alpha value is -2.22. The Kier molecular flexibility index (Phi) is 5.44. The molecule has 0 unspecified atom stereocenters. The molecular weight excluding hydrogens is 267 g/mol. The van der Waals surface area contributed by atoms with Crippen molar-refractivity contribution < 1.29 is 9.50 Å². The van der Waals surface area contributed by atoms with E-state index in [0.29, 0.717) is 25.2 Å². The van der Waals surface area contributed by atoms with Crippen LogP contribution in [0.5, 0.6) is 0 Å². The zero-order valence-corrected chi connectivity index (χ0v) is 11.7. The van der Waals surface area contributed by atoms with Crippen LogP contribution in [-0.4, -0.2) is 23.2 Å². The van der Waals surface area contributed by atoms with Crippen molar-refractivity contribution >= 4 is 0 Å². The van der Waals surface area contributed by atoms with E-state index in [-0.39, 0.29) is 6.61 Å². The van der Waals surface area contributed by atoms with Gasteiger partial charge in [-0.1, -0.05) is 36.4 Å². The minimum Gasteiger partial charge on any atom is -0.395 e. The predicted molar refractivity (Wildman–Crippen MR) is 78.8 cm³/mol. The zero-order chi connectivity index (χ0) is 15.1. The third-order valence-electron chi connectivity index (χ3n) is 3.25. The molecule has 0 saturated carbocycles. The van der Waals surface area contributed by atoms with Gasteiger partial charge in [0.1, 0.15) is 5.82 Å². The third kappa shape index (κ3) is 4.38. The molecule has 21 heavy (non-hydrogen) atoms. The van der Waals surface area contributed by atoms with Crippen molar-refractivity contribution in [1.82, 2.24) is 4.90 Å². The Morgan fingerprint density at radius 1 is 1.10 bits per heavy atom. The van der Waals surface area contributed by atoms with Crippen LogP contribution < -0.4 is 0 Å². The van der Waals surface area contributed by atoms with Crippen molar-refractivity contribution in [1.29, 1.82) is 5.26 Å². The van der Waals surface area contributed by atoms with E-state index < -0.39 is 5.82 Å². The van der Waals surface area contributed by atoms with Crippen LogP contribution in [0.3, 0.4) is 0 Å². The number of nitrogens with zero attached hydrogens (tertiary/aromatic N) is 2. The first-order valence-corrected chi connectivity index (χ1v) is 6.78. The van der Waals surface area contributed by atoms with Gasteiger partial charge in [-0.05, 0) is 23.3 Å². The second kappa shape index (κ2) is 7.53. The molecule has 0 atom stereocenters. The lowest BCUT2D eigenvalue weighted by Gasteiger charge is -2.22. The maximum Gasteiger partial charge on any atom is 0.124 e. The highest BCUT2D eigenvalue weighted by molar-refractivity contribution is 5.37. The van der Waals surface area contributed by atoms with E-state index in [2.05, 4.69) is 0 Å². The summed E-state index contributed by atoms with van der Waals surface area (Å²) in [5.41, 5.74) is 2.24. The van der Waals surface area contributed by atoms with Gasteiger partial charge in [0.25, 0.3) is 0 Å². The molecule has 2 aromatic rings. The number of aliphatic hydroxyl groups excluding tert-OH is 1. The Morgan fingerprint density at radius 2 is 1.86 bits per heavy atom. The zero-order valence-electron chi connectivity index (χ0n) is 11.7. The molecule has 0 aliphatic rings. The second-order valence-corrected chi connectivity index (χ2v) is 4.83. The van der Waals surface area contributed by atoms with E-state index in [1.54, 1.807) is 6.07 Å². The molecule has 108 valence electrons. The Labute approximate surface area is 123 Å². The lowest BCUT2D eigenvalue weighted by atomic mass is 10.1. The van der Waals surface area contributed by atoms with Crippen molar-refractivity contribution in [2.45, 2.75) is 13.1 Å². The summed E-state index contributed by atoms with van der Waals surface area (Å²) in [4.78, 5) is 2.03. The Bertz CT molecular complexity index is 622. The van der Waals surface area contributed by atoms with Gasteiger partial charge in [-0.3, -0.25) is 4.90 Å². The molecule has 0 radical (unpaired) electrons. The molecule has 2 aromatic carbocycles. The van der Waals surface area contributed by atoms with Crippen LogP contribution >= 0.6 is 0 Å². The van der Waals surface area contributed by atoms with Crippen molar-refractivity contribution in [3.05, 3.63) is 71.0 Å². The number of benzene rings is 2. The van der Waals surface area contributed by atoms with Gasteiger partial charge >= 0.3 is 0 Å². The number of halogens is 1. The highest BCUT2D eigenvalue weighted by Crippen LogP contribution is 2.15. The van der Waals surface area contributed by atoms with Crippen LogP contribution in [0, 0.1) is 17.1 Å². The topological polar surface area (TPSA) is 47.3 Å². The summed E-state index contributed by atoms with van der Waals surface area (Å²) in [6.45, 7) is 1.70. The van der Waals surface area contributed by atoms with Crippen molar-refractivity contribution in [2.24, 2.45) is 0 Å². The number of hydrogen-bond acceptors (Lipinski definition) is 3. The minimum atomic E-state index is -0.410. The molecule has 4 heteroatoms. The number of nitriles is 1. The van der Waals surface area contributed by atoms with Crippen LogP contribution in [0.25, 0.3) is 0 Å². The van der Waals surface area contributed by atoms with E-state index in [1.807, 2.05) is 41.3 Å². The first-order valence-electron chi connectivity index (χ1n) is 6.78. The maximum atomic E-state index is 13.2. The smallest absolute Gasteiger partial charge is 0.124 e. The van der Waals surface area contributed by atoms with Crippen molar-refractivity contribution in [2.75, 3.05) is 13.2 Å². The second-order valence-electron chi connectivity index (χ2n) is 4.83. The number of aliphatic hydroxyl groups is 1. The van der Waals surface area contributed by atoms with E-state index in [4.69, 9.17) is 5.26 Å². The first kappa shape index (κ1) is 15.2. The van der Waals surface area contributed by atoms with Gasteiger partial charge < -0.3 is 5.11 Å². The van der Waals surface area contributed by atoms with Crippen LogP contribution in [0.4, 0.5) is 4.39 Å². The normalized spacial score (nSPS) is 10.6. The molecular formula is C17H17FN2O. The average molecular weight is 284 g/mol. The monoisotopic (exact) mass is 284 g/mol. The van der Waals surface area contributed by atoms with Crippen LogP contribution in [0.1, 0.15) is 16.7 Å². The summed E-state index contributed by atoms with van der Waals surface area (Å²) in [5, 5.41) is 18.3. The molecule has 0 aliphatic heterocycles. The van der Waals surface area contributed by atoms with E-state index in [9.17, 15) is 9.50 Å². The fourth-order valence-corrected chi connectivity index (χ4v) is 2.23. The molecule has 0 spiro atoms. The van der Waals surface area contributed by atoms with Gasteiger partial charge in [0.15, 0.2) is 0 Å². The largest absolute Gasteiger partial charge is 0.395 e. The van der Waals surface area contributed by atoms with Crippen molar-refractivity contribution in [3.8, 4) is 6.07 Å². The van der Waals surface area contributed by atoms with Gasteiger partial charge in [-0.25, -0.2) is 4.39 Å². The molecule has 1 N–H and O–H groups in total. The maximum absolute atomic E-state index is 13.2. The number of rotatable bonds is 6. The summed E-state index contributed by atoms with van der Waals surface area (Å²) in [6.07, 6.45) is 0. The highest BCUT2D eigenvalue weighted by Gasteiger charge is 2.10. The van der Waals surface area contributed by atoms with Crippen LogP contribution in [0.15, 0.2) is 48.5 Å². The fourth-order valence-electron chi connectivity index (χ4n) is 2.23. The summed E-state index contributed by atoms with van der Waals surface area (Å²) in [7, 11) is 0. The summed E-state index contributed by atoms with van der Waals surface area (Å²) in [5.74, 6) is -0.410. The molecule has 0 aliphatic carbocycles. The van der Waals surface area contributed by atoms with Crippen LogP contribution in [-0.2, 0) is 13.1 Å². The van der Waals surface area contributed by atoms with Crippen molar-refractivity contribution in [3.63, 3.8) is 0 Å².